The van der Waals surface area contributed by atoms with Crippen LogP contribution in [0.1, 0.15) is 11.3 Å². The van der Waals surface area contributed by atoms with Gasteiger partial charge in [-0.15, -0.1) is 0 Å². The zero-order chi connectivity index (χ0) is 12.1. The molecular weight excluding hydrogens is 276 g/mol. The standard InChI is InChI=1S/C14H17BrN2/c1-17-8-7-14(16-17)10-13(11-15)9-12-5-3-2-4-6-12/h2-8,13H,9-11H2,1H3. The van der Waals surface area contributed by atoms with Gasteiger partial charge in [-0.3, -0.25) is 4.68 Å². The molecule has 0 saturated heterocycles. The number of nitrogens with zero attached hydrogens (tertiary/aromatic N) is 2. The normalized spacial score (nSPS) is 12.6. The summed E-state index contributed by atoms with van der Waals surface area (Å²) in [4.78, 5) is 0. The third kappa shape index (κ3) is 3.70. The zero-order valence-corrected chi connectivity index (χ0v) is 11.6. The quantitative estimate of drug-likeness (QED) is 0.774. The van der Waals surface area contributed by atoms with E-state index in [0.717, 1.165) is 18.2 Å². The highest BCUT2D eigenvalue weighted by Gasteiger charge is 2.10. The van der Waals surface area contributed by atoms with Crippen molar-refractivity contribution >= 4 is 15.9 Å². The Kier molecular flexibility index (Phi) is 4.37. The first kappa shape index (κ1) is 12.4. The number of rotatable bonds is 5. The van der Waals surface area contributed by atoms with Crippen molar-refractivity contribution in [2.24, 2.45) is 13.0 Å². The second-order valence-electron chi connectivity index (χ2n) is 4.39. The molecule has 0 amide bonds. The number of aryl methyl sites for hydroxylation is 1. The van der Waals surface area contributed by atoms with Gasteiger partial charge in [0, 0.05) is 18.6 Å². The summed E-state index contributed by atoms with van der Waals surface area (Å²) in [7, 11) is 1.96. The van der Waals surface area contributed by atoms with Crippen LogP contribution in [-0.2, 0) is 19.9 Å². The third-order valence-electron chi connectivity index (χ3n) is 2.85. The molecule has 1 aromatic carbocycles. The average molecular weight is 293 g/mol. The summed E-state index contributed by atoms with van der Waals surface area (Å²) in [6, 6.07) is 12.7. The van der Waals surface area contributed by atoms with E-state index in [2.05, 4.69) is 57.4 Å². The van der Waals surface area contributed by atoms with E-state index in [4.69, 9.17) is 0 Å². The number of benzene rings is 1. The van der Waals surface area contributed by atoms with Crippen molar-refractivity contribution in [2.45, 2.75) is 12.8 Å². The van der Waals surface area contributed by atoms with Gasteiger partial charge in [0.25, 0.3) is 0 Å². The van der Waals surface area contributed by atoms with Gasteiger partial charge in [-0.05, 0) is 30.4 Å². The van der Waals surface area contributed by atoms with Gasteiger partial charge in [0.2, 0.25) is 0 Å². The molecule has 1 unspecified atom stereocenters. The van der Waals surface area contributed by atoms with E-state index < -0.39 is 0 Å². The summed E-state index contributed by atoms with van der Waals surface area (Å²) >= 11 is 3.60. The average Bonchev–Trinajstić information content (AvgIpc) is 2.75. The Morgan fingerprint density at radius 2 is 1.94 bits per heavy atom. The lowest BCUT2D eigenvalue weighted by Gasteiger charge is -2.12. The van der Waals surface area contributed by atoms with Gasteiger partial charge in [-0.25, -0.2) is 0 Å². The van der Waals surface area contributed by atoms with E-state index in [9.17, 15) is 0 Å². The Hall–Kier alpha value is -1.09. The van der Waals surface area contributed by atoms with Crippen LogP contribution in [0, 0.1) is 5.92 Å². The molecule has 0 fully saturated rings. The molecule has 0 saturated carbocycles. The van der Waals surface area contributed by atoms with Crippen molar-refractivity contribution in [2.75, 3.05) is 5.33 Å². The zero-order valence-electron chi connectivity index (χ0n) is 10.0. The van der Waals surface area contributed by atoms with Gasteiger partial charge in [0.05, 0.1) is 5.69 Å². The second kappa shape index (κ2) is 6.01. The molecule has 17 heavy (non-hydrogen) atoms. The highest BCUT2D eigenvalue weighted by Crippen LogP contribution is 2.15. The van der Waals surface area contributed by atoms with Crippen molar-refractivity contribution < 1.29 is 0 Å². The molecule has 0 spiro atoms. The molecule has 1 aromatic heterocycles. The highest BCUT2D eigenvalue weighted by atomic mass is 79.9. The lowest BCUT2D eigenvalue weighted by Crippen LogP contribution is -2.10. The van der Waals surface area contributed by atoms with Crippen LogP contribution < -0.4 is 0 Å². The summed E-state index contributed by atoms with van der Waals surface area (Å²) in [5, 5.41) is 5.45. The molecule has 0 N–H and O–H groups in total. The van der Waals surface area contributed by atoms with Crippen molar-refractivity contribution in [3.05, 3.63) is 53.9 Å². The fourth-order valence-corrected chi connectivity index (χ4v) is 2.45. The minimum Gasteiger partial charge on any atom is -0.276 e. The van der Waals surface area contributed by atoms with Crippen LogP contribution in [0.4, 0.5) is 0 Å². The van der Waals surface area contributed by atoms with Crippen LogP contribution in [0.2, 0.25) is 0 Å². The smallest absolute Gasteiger partial charge is 0.0627 e. The molecule has 1 heterocycles. The molecule has 2 rings (SSSR count). The predicted octanol–water partition coefficient (Wildman–Crippen LogP) is 3.22. The molecule has 1 atom stereocenters. The SMILES string of the molecule is Cn1ccc(CC(CBr)Cc2ccccc2)n1. The van der Waals surface area contributed by atoms with Gasteiger partial charge in [-0.1, -0.05) is 46.3 Å². The summed E-state index contributed by atoms with van der Waals surface area (Å²) < 4.78 is 1.86. The lowest BCUT2D eigenvalue weighted by atomic mass is 9.97. The molecule has 0 bridgehead atoms. The van der Waals surface area contributed by atoms with E-state index in [1.165, 1.54) is 11.3 Å². The maximum Gasteiger partial charge on any atom is 0.0627 e. The minimum absolute atomic E-state index is 0.604. The van der Waals surface area contributed by atoms with Gasteiger partial charge in [0.1, 0.15) is 0 Å². The number of hydrogen-bond donors (Lipinski definition) is 0. The van der Waals surface area contributed by atoms with E-state index in [1.54, 1.807) is 0 Å². The molecule has 0 aliphatic carbocycles. The van der Waals surface area contributed by atoms with Crippen molar-refractivity contribution in [3.8, 4) is 0 Å². The molecule has 0 aliphatic heterocycles. The monoisotopic (exact) mass is 292 g/mol. The van der Waals surface area contributed by atoms with Crippen LogP contribution >= 0.6 is 15.9 Å². The lowest BCUT2D eigenvalue weighted by molar-refractivity contribution is 0.574. The molecule has 2 nitrogen and oxygen atoms in total. The van der Waals surface area contributed by atoms with Crippen LogP contribution in [0.5, 0.6) is 0 Å². The second-order valence-corrected chi connectivity index (χ2v) is 5.04. The van der Waals surface area contributed by atoms with Gasteiger partial charge >= 0.3 is 0 Å². The van der Waals surface area contributed by atoms with E-state index in [0.29, 0.717) is 5.92 Å². The van der Waals surface area contributed by atoms with Gasteiger partial charge < -0.3 is 0 Å². The number of hydrogen-bond acceptors (Lipinski definition) is 1. The number of aromatic nitrogens is 2. The van der Waals surface area contributed by atoms with E-state index >= 15 is 0 Å². The van der Waals surface area contributed by atoms with Crippen molar-refractivity contribution in [1.29, 1.82) is 0 Å². The Morgan fingerprint density at radius 1 is 1.18 bits per heavy atom. The van der Waals surface area contributed by atoms with Crippen molar-refractivity contribution in [1.82, 2.24) is 9.78 Å². The molecule has 2 aromatic rings. The van der Waals surface area contributed by atoms with Crippen LogP contribution in [0.15, 0.2) is 42.6 Å². The Balaban J connectivity index is 1.98. The highest BCUT2D eigenvalue weighted by molar-refractivity contribution is 9.09. The molecule has 90 valence electrons. The topological polar surface area (TPSA) is 17.8 Å². The molecule has 0 radical (unpaired) electrons. The summed E-state index contributed by atoms with van der Waals surface area (Å²) in [6.45, 7) is 0. The van der Waals surface area contributed by atoms with Crippen LogP contribution in [0.3, 0.4) is 0 Å². The third-order valence-corrected chi connectivity index (χ3v) is 3.77. The first-order chi connectivity index (χ1) is 8.28. The Morgan fingerprint density at radius 3 is 2.53 bits per heavy atom. The fraction of sp³-hybridized carbons (Fsp3) is 0.357. The summed E-state index contributed by atoms with van der Waals surface area (Å²) in [5.41, 5.74) is 2.57. The maximum atomic E-state index is 4.44. The summed E-state index contributed by atoms with van der Waals surface area (Å²) in [6.07, 6.45) is 4.13. The Labute approximate surface area is 111 Å². The van der Waals surface area contributed by atoms with Gasteiger partial charge in [-0.2, -0.15) is 5.10 Å². The van der Waals surface area contributed by atoms with Crippen molar-refractivity contribution in [3.63, 3.8) is 0 Å². The van der Waals surface area contributed by atoms with Crippen LogP contribution in [-0.4, -0.2) is 15.1 Å². The first-order valence-electron chi connectivity index (χ1n) is 5.86. The van der Waals surface area contributed by atoms with Crippen LogP contribution in [0.25, 0.3) is 0 Å². The molecule has 0 aliphatic rings. The van der Waals surface area contributed by atoms with Gasteiger partial charge in [0.15, 0.2) is 0 Å². The maximum absolute atomic E-state index is 4.44. The number of halogens is 1. The summed E-state index contributed by atoms with van der Waals surface area (Å²) in [5.74, 6) is 0.604. The first-order valence-corrected chi connectivity index (χ1v) is 6.98. The largest absolute Gasteiger partial charge is 0.276 e. The van der Waals surface area contributed by atoms with E-state index in [-0.39, 0.29) is 0 Å². The molecule has 3 heteroatoms. The number of alkyl halides is 1. The molecular formula is C14H17BrN2. The van der Waals surface area contributed by atoms with E-state index in [1.807, 2.05) is 17.9 Å². The minimum atomic E-state index is 0.604. The predicted molar refractivity (Wildman–Crippen MR) is 74.3 cm³/mol. The Bertz CT molecular complexity index is 450. The fourth-order valence-electron chi connectivity index (χ4n) is 2.00.